The van der Waals surface area contributed by atoms with Crippen LogP contribution < -0.4 is 0 Å². The van der Waals surface area contributed by atoms with Crippen molar-refractivity contribution in [2.75, 3.05) is 13.7 Å². The molecule has 1 N–H and O–H groups in total. The number of hydrogen-bond acceptors (Lipinski definition) is 4. The second kappa shape index (κ2) is 6.21. The van der Waals surface area contributed by atoms with Crippen molar-refractivity contribution >= 4 is 5.97 Å². The molecule has 0 bridgehead atoms. The smallest absolute Gasteiger partial charge is 0.322 e. The zero-order chi connectivity index (χ0) is 12.1. The standard InChI is InChI=1S/C12H23NO3/c1-9(14)8-11-6-4-5-7-13(11)10(2)12(15)16-3/h9-11,14H,4-8H2,1-3H3. The van der Waals surface area contributed by atoms with Gasteiger partial charge in [0, 0.05) is 6.04 Å². The van der Waals surface area contributed by atoms with Gasteiger partial charge < -0.3 is 9.84 Å². The molecule has 0 amide bonds. The Kier molecular flexibility index (Phi) is 5.22. The average molecular weight is 229 g/mol. The van der Waals surface area contributed by atoms with Gasteiger partial charge in [0.2, 0.25) is 0 Å². The summed E-state index contributed by atoms with van der Waals surface area (Å²) in [5.41, 5.74) is 0. The Morgan fingerprint density at radius 1 is 1.50 bits per heavy atom. The van der Waals surface area contributed by atoms with Crippen LogP contribution in [-0.2, 0) is 9.53 Å². The van der Waals surface area contributed by atoms with E-state index in [4.69, 9.17) is 4.74 Å². The molecule has 3 unspecified atom stereocenters. The van der Waals surface area contributed by atoms with Crippen LogP contribution >= 0.6 is 0 Å². The van der Waals surface area contributed by atoms with Gasteiger partial charge in [0.15, 0.2) is 0 Å². The number of carbonyl (C=O) groups excluding carboxylic acids is 1. The van der Waals surface area contributed by atoms with E-state index in [1.807, 2.05) is 6.92 Å². The maximum absolute atomic E-state index is 11.5. The van der Waals surface area contributed by atoms with E-state index in [0.29, 0.717) is 6.04 Å². The maximum Gasteiger partial charge on any atom is 0.322 e. The number of aliphatic hydroxyl groups excluding tert-OH is 1. The fourth-order valence-corrected chi connectivity index (χ4v) is 2.49. The molecule has 0 spiro atoms. The minimum Gasteiger partial charge on any atom is -0.468 e. The number of rotatable bonds is 4. The van der Waals surface area contributed by atoms with Gasteiger partial charge in [-0.25, -0.2) is 0 Å². The van der Waals surface area contributed by atoms with Crippen LogP contribution in [0.4, 0.5) is 0 Å². The van der Waals surface area contributed by atoms with E-state index in [9.17, 15) is 9.90 Å². The molecule has 1 aliphatic rings. The fraction of sp³-hybridized carbons (Fsp3) is 0.917. The van der Waals surface area contributed by atoms with Crippen molar-refractivity contribution in [2.24, 2.45) is 0 Å². The third-order valence-electron chi connectivity index (χ3n) is 3.33. The van der Waals surface area contributed by atoms with E-state index < -0.39 is 0 Å². The molecule has 0 radical (unpaired) electrons. The molecular weight excluding hydrogens is 206 g/mol. The highest BCUT2D eigenvalue weighted by molar-refractivity contribution is 5.75. The van der Waals surface area contributed by atoms with Gasteiger partial charge >= 0.3 is 5.97 Å². The van der Waals surface area contributed by atoms with Crippen LogP contribution in [0.2, 0.25) is 0 Å². The highest BCUT2D eigenvalue weighted by Crippen LogP contribution is 2.23. The number of hydrogen-bond donors (Lipinski definition) is 1. The highest BCUT2D eigenvalue weighted by Gasteiger charge is 2.31. The number of esters is 1. The summed E-state index contributed by atoms with van der Waals surface area (Å²) in [6.45, 7) is 4.61. The van der Waals surface area contributed by atoms with Crippen LogP contribution in [0.3, 0.4) is 0 Å². The van der Waals surface area contributed by atoms with Gasteiger partial charge in [-0.2, -0.15) is 0 Å². The van der Waals surface area contributed by atoms with Gasteiger partial charge in [-0.15, -0.1) is 0 Å². The fourth-order valence-electron chi connectivity index (χ4n) is 2.49. The monoisotopic (exact) mass is 229 g/mol. The summed E-state index contributed by atoms with van der Waals surface area (Å²) in [5.74, 6) is -0.183. The molecule has 3 atom stereocenters. The number of likely N-dealkylation sites (tertiary alicyclic amines) is 1. The van der Waals surface area contributed by atoms with E-state index in [-0.39, 0.29) is 18.1 Å². The zero-order valence-corrected chi connectivity index (χ0v) is 10.5. The number of nitrogens with zero attached hydrogens (tertiary/aromatic N) is 1. The first-order chi connectivity index (χ1) is 7.56. The van der Waals surface area contributed by atoms with E-state index in [1.54, 1.807) is 6.92 Å². The number of aliphatic hydroxyl groups is 1. The number of ether oxygens (including phenoxy) is 1. The molecule has 0 aromatic rings. The Bertz CT molecular complexity index is 230. The Morgan fingerprint density at radius 2 is 2.19 bits per heavy atom. The summed E-state index contributed by atoms with van der Waals surface area (Å²) in [7, 11) is 1.42. The Morgan fingerprint density at radius 3 is 2.75 bits per heavy atom. The predicted octanol–water partition coefficient (Wildman–Crippen LogP) is 1.17. The van der Waals surface area contributed by atoms with Crippen molar-refractivity contribution in [3.63, 3.8) is 0 Å². The van der Waals surface area contributed by atoms with E-state index in [2.05, 4.69) is 4.90 Å². The molecule has 16 heavy (non-hydrogen) atoms. The van der Waals surface area contributed by atoms with Gasteiger partial charge in [-0.05, 0) is 39.7 Å². The van der Waals surface area contributed by atoms with Gasteiger partial charge in [-0.3, -0.25) is 9.69 Å². The maximum atomic E-state index is 11.5. The molecule has 0 aromatic heterocycles. The van der Waals surface area contributed by atoms with Crippen molar-refractivity contribution in [3.05, 3.63) is 0 Å². The zero-order valence-electron chi connectivity index (χ0n) is 10.5. The second-order valence-electron chi connectivity index (χ2n) is 4.67. The van der Waals surface area contributed by atoms with Gasteiger partial charge in [0.05, 0.1) is 13.2 Å². The Labute approximate surface area is 97.6 Å². The van der Waals surface area contributed by atoms with Crippen LogP contribution in [0.25, 0.3) is 0 Å². The molecule has 1 heterocycles. The molecule has 1 saturated heterocycles. The molecule has 0 saturated carbocycles. The van der Waals surface area contributed by atoms with E-state index in [1.165, 1.54) is 13.5 Å². The summed E-state index contributed by atoms with van der Waals surface area (Å²) < 4.78 is 4.78. The first-order valence-corrected chi connectivity index (χ1v) is 6.08. The lowest BCUT2D eigenvalue weighted by molar-refractivity contribution is -0.148. The number of piperidine rings is 1. The van der Waals surface area contributed by atoms with Crippen molar-refractivity contribution in [1.82, 2.24) is 4.90 Å². The van der Waals surface area contributed by atoms with Crippen LogP contribution in [0.1, 0.15) is 39.5 Å². The minimum absolute atomic E-state index is 0.183. The molecule has 4 heteroatoms. The predicted molar refractivity (Wildman–Crippen MR) is 62.1 cm³/mol. The highest BCUT2D eigenvalue weighted by atomic mass is 16.5. The first-order valence-electron chi connectivity index (χ1n) is 6.08. The largest absolute Gasteiger partial charge is 0.468 e. The summed E-state index contributed by atoms with van der Waals surface area (Å²) in [4.78, 5) is 13.7. The van der Waals surface area contributed by atoms with Crippen LogP contribution in [0.5, 0.6) is 0 Å². The topological polar surface area (TPSA) is 49.8 Å². The van der Waals surface area contributed by atoms with Gasteiger partial charge in [0.25, 0.3) is 0 Å². The van der Waals surface area contributed by atoms with E-state index >= 15 is 0 Å². The van der Waals surface area contributed by atoms with Crippen LogP contribution in [0.15, 0.2) is 0 Å². The van der Waals surface area contributed by atoms with Crippen molar-refractivity contribution < 1.29 is 14.6 Å². The average Bonchev–Trinajstić information content (AvgIpc) is 2.27. The van der Waals surface area contributed by atoms with Crippen LogP contribution in [-0.4, -0.2) is 47.8 Å². The molecule has 1 rings (SSSR count). The summed E-state index contributed by atoms with van der Waals surface area (Å²) in [6, 6.07) is 0.108. The molecular formula is C12H23NO3. The third kappa shape index (κ3) is 3.46. The number of carbonyl (C=O) groups is 1. The lowest BCUT2D eigenvalue weighted by Gasteiger charge is -2.39. The summed E-state index contributed by atoms with van der Waals surface area (Å²) in [5, 5.41) is 9.46. The molecule has 1 fully saturated rings. The molecule has 1 aliphatic heterocycles. The second-order valence-corrected chi connectivity index (χ2v) is 4.67. The lowest BCUT2D eigenvalue weighted by atomic mass is 9.95. The SMILES string of the molecule is COC(=O)C(C)N1CCCCC1CC(C)O. The Hall–Kier alpha value is -0.610. The van der Waals surface area contributed by atoms with Crippen molar-refractivity contribution in [3.8, 4) is 0 Å². The first kappa shape index (κ1) is 13.5. The Balaban J connectivity index is 2.62. The van der Waals surface area contributed by atoms with E-state index in [0.717, 1.165) is 25.8 Å². The molecule has 4 nitrogen and oxygen atoms in total. The van der Waals surface area contributed by atoms with Crippen LogP contribution in [0, 0.1) is 0 Å². The van der Waals surface area contributed by atoms with Crippen molar-refractivity contribution in [1.29, 1.82) is 0 Å². The molecule has 0 aromatic carbocycles. The lowest BCUT2D eigenvalue weighted by Crippen LogP contribution is -2.49. The van der Waals surface area contributed by atoms with Gasteiger partial charge in [0.1, 0.15) is 6.04 Å². The molecule has 94 valence electrons. The third-order valence-corrected chi connectivity index (χ3v) is 3.33. The van der Waals surface area contributed by atoms with Gasteiger partial charge in [-0.1, -0.05) is 6.42 Å². The minimum atomic E-state index is -0.310. The quantitative estimate of drug-likeness (QED) is 0.735. The summed E-state index contributed by atoms with van der Waals surface area (Å²) >= 11 is 0. The molecule has 0 aliphatic carbocycles. The summed E-state index contributed by atoms with van der Waals surface area (Å²) in [6.07, 6.45) is 3.79. The number of methoxy groups -OCH3 is 1. The normalized spacial score (nSPS) is 26.1. The van der Waals surface area contributed by atoms with Crippen molar-refractivity contribution in [2.45, 2.75) is 57.7 Å².